The third-order valence-corrected chi connectivity index (χ3v) is 2.97. The summed E-state index contributed by atoms with van der Waals surface area (Å²) in [4.78, 5) is 17.9. The molecule has 0 aliphatic rings. The average molecular weight is 294 g/mol. The summed E-state index contributed by atoms with van der Waals surface area (Å²) in [5.41, 5.74) is 6.05. The Balaban J connectivity index is 2.30. The minimum Gasteiger partial charge on any atom is -0.378 e. The number of hydrogen-bond acceptors (Lipinski definition) is 6. The average Bonchev–Trinajstić information content (AvgIpc) is 2.38. The summed E-state index contributed by atoms with van der Waals surface area (Å²) >= 11 is 5.92. The molecule has 0 saturated heterocycles. The topological polar surface area (TPSA) is 107 Å². The van der Waals surface area contributed by atoms with Crippen molar-refractivity contribution < 1.29 is 4.92 Å². The molecule has 20 heavy (non-hydrogen) atoms. The molecule has 8 heteroatoms. The van der Waals surface area contributed by atoms with E-state index in [1.807, 2.05) is 13.0 Å². The zero-order valence-corrected chi connectivity index (χ0v) is 11.3. The first kappa shape index (κ1) is 14.0. The molecule has 1 aromatic heterocycles. The van der Waals surface area contributed by atoms with Crippen LogP contribution in [0.25, 0.3) is 0 Å². The maximum atomic E-state index is 11.0. The van der Waals surface area contributed by atoms with Crippen LogP contribution in [-0.2, 0) is 0 Å². The summed E-state index contributed by atoms with van der Waals surface area (Å²) < 4.78 is 0. The Morgan fingerprint density at radius 3 is 2.85 bits per heavy atom. The van der Waals surface area contributed by atoms with Crippen molar-refractivity contribution in [1.82, 2.24) is 9.97 Å². The van der Waals surface area contributed by atoms with Crippen LogP contribution in [-0.4, -0.2) is 14.9 Å². The third-order valence-electron chi connectivity index (χ3n) is 2.74. The van der Waals surface area contributed by atoms with Crippen molar-refractivity contribution in [3.8, 4) is 0 Å². The first-order chi connectivity index (χ1) is 9.49. The van der Waals surface area contributed by atoms with Gasteiger partial charge in [-0.25, -0.2) is 9.97 Å². The summed E-state index contributed by atoms with van der Waals surface area (Å²) in [5.74, 6) is -0.0965. The van der Waals surface area contributed by atoms with Crippen molar-refractivity contribution in [3.63, 3.8) is 0 Å². The lowest BCUT2D eigenvalue weighted by Crippen LogP contribution is -2.11. The van der Waals surface area contributed by atoms with Crippen LogP contribution in [0.15, 0.2) is 30.6 Å². The molecule has 0 amide bonds. The highest BCUT2D eigenvalue weighted by Gasteiger charge is 2.22. The van der Waals surface area contributed by atoms with Gasteiger partial charge in [-0.1, -0.05) is 23.7 Å². The van der Waals surface area contributed by atoms with E-state index in [2.05, 4.69) is 15.3 Å². The molecule has 1 unspecified atom stereocenters. The molecular weight excluding hydrogens is 282 g/mol. The molecule has 0 fully saturated rings. The number of benzene rings is 1. The SMILES string of the molecule is CC(Nc1ncnc(N)c1[N+](=O)[O-])c1cccc(Cl)c1. The van der Waals surface area contributed by atoms with Crippen LogP contribution < -0.4 is 11.1 Å². The Morgan fingerprint density at radius 1 is 1.45 bits per heavy atom. The molecule has 1 aromatic carbocycles. The van der Waals surface area contributed by atoms with Gasteiger partial charge in [-0.3, -0.25) is 10.1 Å². The monoisotopic (exact) mass is 293 g/mol. The smallest absolute Gasteiger partial charge is 0.353 e. The number of hydrogen-bond donors (Lipinski definition) is 2. The molecule has 0 aliphatic heterocycles. The molecule has 3 N–H and O–H groups in total. The zero-order valence-electron chi connectivity index (χ0n) is 10.6. The Hall–Kier alpha value is -2.41. The second-order valence-corrected chi connectivity index (χ2v) is 4.57. The molecule has 0 spiro atoms. The highest BCUT2D eigenvalue weighted by atomic mass is 35.5. The molecule has 1 heterocycles. The Kier molecular flexibility index (Phi) is 3.99. The lowest BCUT2D eigenvalue weighted by molar-refractivity contribution is -0.383. The number of nitrogens with zero attached hydrogens (tertiary/aromatic N) is 3. The van der Waals surface area contributed by atoms with Gasteiger partial charge in [0.15, 0.2) is 0 Å². The Bertz CT molecular complexity index is 649. The van der Waals surface area contributed by atoms with Crippen LogP contribution in [0.3, 0.4) is 0 Å². The van der Waals surface area contributed by atoms with E-state index < -0.39 is 4.92 Å². The van der Waals surface area contributed by atoms with Crippen LogP contribution >= 0.6 is 11.6 Å². The summed E-state index contributed by atoms with van der Waals surface area (Å²) in [6, 6.07) is 6.97. The maximum Gasteiger partial charge on any atom is 0.353 e. The molecule has 2 rings (SSSR count). The van der Waals surface area contributed by atoms with Crippen LogP contribution in [0.5, 0.6) is 0 Å². The van der Waals surface area contributed by atoms with Crippen molar-refractivity contribution in [2.75, 3.05) is 11.1 Å². The minimum atomic E-state index is -0.609. The van der Waals surface area contributed by atoms with E-state index in [-0.39, 0.29) is 23.4 Å². The third kappa shape index (κ3) is 2.94. The second kappa shape index (κ2) is 5.70. The summed E-state index contributed by atoms with van der Waals surface area (Å²) in [6.07, 6.45) is 1.18. The second-order valence-electron chi connectivity index (χ2n) is 4.13. The number of aromatic nitrogens is 2. The van der Waals surface area contributed by atoms with Crippen LogP contribution in [0.2, 0.25) is 5.02 Å². The molecule has 104 valence electrons. The van der Waals surface area contributed by atoms with Gasteiger partial charge in [0.25, 0.3) is 0 Å². The van der Waals surface area contributed by atoms with Crippen LogP contribution in [0, 0.1) is 10.1 Å². The van der Waals surface area contributed by atoms with Gasteiger partial charge < -0.3 is 11.1 Å². The molecule has 2 aromatic rings. The van der Waals surface area contributed by atoms with Crippen molar-refractivity contribution in [2.24, 2.45) is 0 Å². The Labute approximate surface area is 120 Å². The fourth-order valence-corrected chi connectivity index (χ4v) is 1.94. The van der Waals surface area contributed by atoms with E-state index >= 15 is 0 Å². The highest BCUT2D eigenvalue weighted by molar-refractivity contribution is 6.30. The first-order valence-corrected chi connectivity index (χ1v) is 6.13. The largest absolute Gasteiger partial charge is 0.378 e. The molecule has 1 atom stereocenters. The number of halogens is 1. The van der Waals surface area contributed by atoms with Gasteiger partial charge >= 0.3 is 5.69 Å². The number of anilines is 2. The fraction of sp³-hybridized carbons (Fsp3) is 0.167. The number of nitrogens with two attached hydrogens (primary N) is 1. The van der Waals surface area contributed by atoms with Gasteiger partial charge in [-0.15, -0.1) is 0 Å². The molecule has 0 radical (unpaired) electrons. The summed E-state index contributed by atoms with van der Waals surface area (Å²) in [6.45, 7) is 1.84. The predicted molar refractivity (Wildman–Crippen MR) is 76.6 cm³/mol. The van der Waals surface area contributed by atoms with Gasteiger partial charge in [0.05, 0.1) is 11.0 Å². The molecular formula is C12H12ClN5O2. The van der Waals surface area contributed by atoms with Gasteiger partial charge in [0.1, 0.15) is 6.33 Å². The Morgan fingerprint density at radius 2 is 2.20 bits per heavy atom. The number of nitrogens with one attached hydrogen (secondary N) is 1. The number of nitrogen functional groups attached to an aromatic ring is 1. The quantitative estimate of drug-likeness (QED) is 0.663. The van der Waals surface area contributed by atoms with Crippen LogP contribution in [0.1, 0.15) is 18.5 Å². The maximum absolute atomic E-state index is 11.0. The van der Waals surface area contributed by atoms with E-state index in [0.717, 1.165) is 5.56 Å². The van der Waals surface area contributed by atoms with Crippen LogP contribution in [0.4, 0.5) is 17.3 Å². The molecule has 0 aliphatic carbocycles. The lowest BCUT2D eigenvalue weighted by Gasteiger charge is -2.15. The number of nitro groups is 1. The van der Waals surface area contributed by atoms with Gasteiger partial charge in [-0.05, 0) is 24.6 Å². The van der Waals surface area contributed by atoms with Gasteiger partial charge in [0, 0.05) is 5.02 Å². The first-order valence-electron chi connectivity index (χ1n) is 5.76. The van der Waals surface area contributed by atoms with Crippen molar-refractivity contribution in [3.05, 3.63) is 51.3 Å². The zero-order chi connectivity index (χ0) is 14.7. The van der Waals surface area contributed by atoms with E-state index in [9.17, 15) is 10.1 Å². The van der Waals surface area contributed by atoms with Crippen molar-refractivity contribution in [1.29, 1.82) is 0 Å². The fourth-order valence-electron chi connectivity index (χ4n) is 1.74. The molecule has 7 nitrogen and oxygen atoms in total. The van der Waals surface area contributed by atoms with Gasteiger partial charge in [-0.2, -0.15) is 0 Å². The highest BCUT2D eigenvalue weighted by Crippen LogP contribution is 2.29. The predicted octanol–water partition coefficient (Wildman–Crippen LogP) is 2.79. The number of rotatable bonds is 4. The minimum absolute atomic E-state index is 0.0787. The lowest BCUT2D eigenvalue weighted by atomic mass is 10.1. The normalized spacial score (nSPS) is 11.9. The van der Waals surface area contributed by atoms with E-state index in [0.29, 0.717) is 5.02 Å². The standard InChI is InChI=1S/C12H12ClN5O2/c1-7(8-3-2-4-9(13)5-8)17-12-10(18(19)20)11(14)15-6-16-12/h2-7H,1H3,(H3,14,15,16,17). The summed E-state index contributed by atoms with van der Waals surface area (Å²) in [5, 5.41) is 14.5. The van der Waals surface area contributed by atoms with E-state index in [4.69, 9.17) is 17.3 Å². The van der Waals surface area contributed by atoms with Crippen molar-refractivity contribution >= 4 is 28.9 Å². The molecule has 0 bridgehead atoms. The van der Waals surface area contributed by atoms with Crippen molar-refractivity contribution in [2.45, 2.75) is 13.0 Å². The van der Waals surface area contributed by atoms with E-state index in [1.165, 1.54) is 6.33 Å². The molecule has 0 saturated carbocycles. The van der Waals surface area contributed by atoms with E-state index in [1.54, 1.807) is 18.2 Å². The van der Waals surface area contributed by atoms with Gasteiger partial charge in [0.2, 0.25) is 11.6 Å². The summed E-state index contributed by atoms with van der Waals surface area (Å²) in [7, 11) is 0.